The Bertz CT molecular complexity index is 470. The van der Waals surface area contributed by atoms with Crippen LogP contribution in [0.5, 0.6) is 0 Å². The summed E-state index contributed by atoms with van der Waals surface area (Å²) in [6.45, 7) is 19.8. The summed E-state index contributed by atoms with van der Waals surface area (Å²) in [5.74, 6) is -0.530. The highest BCUT2D eigenvalue weighted by atomic mass is 16.6. The molecule has 0 atom stereocenters. The molecule has 0 aliphatic rings. The van der Waals surface area contributed by atoms with Crippen molar-refractivity contribution in [1.29, 1.82) is 0 Å². The van der Waals surface area contributed by atoms with Gasteiger partial charge in [0.15, 0.2) is 0 Å². The lowest BCUT2D eigenvalue weighted by Gasteiger charge is -2.34. The lowest BCUT2D eigenvalue weighted by Crippen LogP contribution is -2.53. The van der Waals surface area contributed by atoms with Crippen molar-refractivity contribution in [3.63, 3.8) is 0 Å². The molecule has 0 spiro atoms. The summed E-state index contributed by atoms with van der Waals surface area (Å²) in [7, 11) is 1.50. The molecule has 0 saturated carbocycles. The van der Waals surface area contributed by atoms with Crippen LogP contribution in [-0.2, 0) is 14.3 Å². The number of rotatable bonds is 6. The van der Waals surface area contributed by atoms with E-state index in [1.54, 1.807) is 52.8 Å². The second-order valence-corrected chi connectivity index (χ2v) is 6.36. The van der Waals surface area contributed by atoms with Crippen LogP contribution in [0.3, 0.4) is 0 Å². The molecule has 138 valence electrons. The number of esters is 1. The van der Waals surface area contributed by atoms with E-state index in [4.69, 9.17) is 9.47 Å². The lowest BCUT2D eigenvalue weighted by molar-refractivity contribution is -0.154. The minimum Gasteiger partial charge on any atom is -0.459 e. The summed E-state index contributed by atoms with van der Waals surface area (Å²) in [4.78, 5) is 25.5. The van der Waals surface area contributed by atoms with Gasteiger partial charge >= 0.3 is 12.1 Å². The van der Waals surface area contributed by atoms with Gasteiger partial charge in [0.1, 0.15) is 17.7 Å². The number of nitrogens with zero attached hydrogens (tertiary/aromatic N) is 1. The number of amides is 1. The molecule has 0 N–H and O–H groups in total. The van der Waals surface area contributed by atoms with Crippen molar-refractivity contribution in [1.82, 2.24) is 4.90 Å². The standard InChI is InChI=1S/C17H27NO4.C2H6/c1-9-11-13(10-2)12-21-14(19)17(6,7)18(8)15(20)22-16(3,4)5;1-2/h9-11H,1-2,12H2,3-8H3;1-2H3/b13-11+;. The van der Waals surface area contributed by atoms with Crippen LogP contribution in [0.2, 0.25) is 0 Å². The van der Waals surface area contributed by atoms with E-state index < -0.39 is 23.2 Å². The molecular formula is C19H33NO4. The first kappa shape index (κ1) is 24.2. The molecule has 0 aromatic carbocycles. The van der Waals surface area contributed by atoms with E-state index in [9.17, 15) is 9.59 Å². The van der Waals surface area contributed by atoms with Gasteiger partial charge < -0.3 is 9.47 Å². The molecule has 0 unspecified atom stereocenters. The fourth-order valence-electron chi connectivity index (χ4n) is 1.35. The minimum absolute atomic E-state index is 0.0694. The molecule has 0 aliphatic heterocycles. The third-order valence-corrected chi connectivity index (χ3v) is 2.97. The summed E-state index contributed by atoms with van der Waals surface area (Å²) in [5.41, 5.74) is -1.06. The lowest BCUT2D eigenvalue weighted by atomic mass is 10.0. The molecule has 24 heavy (non-hydrogen) atoms. The summed E-state index contributed by atoms with van der Waals surface area (Å²) < 4.78 is 10.5. The number of allylic oxidation sites excluding steroid dienone is 2. The number of ether oxygens (including phenoxy) is 2. The van der Waals surface area contributed by atoms with Gasteiger partial charge in [-0.2, -0.15) is 0 Å². The summed E-state index contributed by atoms with van der Waals surface area (Å²) in [6, 6.07) is 0. The fourth-order valence-corrected chi connectivity index (χ4v) is 1.35. The van der Waals surface area contributed by atoms with Gasteiger partial charge in [0.25, 0.3) is 0 Å². The Balaban J connectivity index is 0. The molecule has 0 aromatic rings. The highest BCUT2D eigenvalue weighted by Crippen LogP contribution is 2.19. The topological polar surface area (TPSA) is 55.8 Å². The van der Waals surface area contributed by atoms with Crippen LogP contribution in [0.15, 0.2) is 37.0 Å². The average Bonchev–Trinajstić information content (AvgIpc) is 2.50. The fraction of sp³-hybridized carbons (Fsp3) is 0.579. The van der Waals surface area contributed by atoms with Crippen LogP contribution in [-0.4, -0.2) is 41.8 Å². The Morgan fingerprint density at radius 2 is 1.58 bits per heavy atom. The zero-order chi connectivity index (χ0) is 19.6. The maximum atomic E-state index is 12.2. The van der Waals surface area contributed by atoms with Crippen molar-refractivity contribution in [3.8, 4) is 0 Å². The quantitative estimate of drug-likeness (QED) is 0.528. The van der Waals surface area contributed by atoms with Gasteiger partial charge in [0.2, 0.25) is 0 Å². The largest absolute Gasteiger partial charge is 0.459 e. The van der Waals surface area contributed by atoms with E-state index in [-0.39, 0.29) is 6.61 Å². The van der Waals surface area contributed by atoms with Crippen LogP contribution in [0.25, 0.3) is 0 Å². The Kier molecular flexibility index (Phi) is 10.8. The minimum atomic E-state index is -1.15. The SMILES string of the molecule is C=C/C=C(\C=C)COC(=O)C(C)(C)N(C)C(=O)OC(C)(C)C.CC. The molecule has 5 heteroatoms. The first-order valence-corrected chi connectivity index (χ1v) is 8.03. The second-order valence-electron chi connectivity index (χ2n) is 6.36. The highest BCUT2D eigenvalue weighted by Gasteiger charge is 2.38. The summed E-state index contributed by atoms with van der Waals surface area (Å²) in [5, 5.41) is 0. The van der Waals surface area contributed by atoms with E-state index in [1.165, 1.54) is 11.9 Å². The van der Waals surface area contributed by atoms with Crippen molar-refractivity contribution in [3.05, 3.63) is 37.0 Å². The van der Waals surface area contributed by atoms with Crippen LogP contribution in [0.4, 0.5) is 4.79 Å². The molecule has 5 nitrogen and oxygen atoms in total. The molecular weight excluding hydrogens is 306 g/mol. The van der Waals surface area contributed by atoms with Crippen molar-refractivity contribution in [2.45, 2.75) is 59.6 Å². The number of hydrogen-bond donors (Lipinski definition) is 0. The summed E-state index contributed by atoms with van der Waals surface area (Å²) >= 11 is 0. The van der Waals surface area contributed by atoms with Crippen LogP contribution in [0, 0.1) is 0 Å². The molecule has 0 aromatic heterocycles. The van der Waals surface area contributed by atoms with E-state index in [1.807, 2.05) is 13.8 Å². The molecule has 0 saturated heterocycles. The van der Waals surface area contributed by atoms with E-state index in [2.05, 4.69) is 13.2 Å². The van der Waals surface area contributed by atoms with E-state index in [0.29, 0.717) is 0 Å². The Morgan fingerprint density at radius 3 is 1.96 bits per heavy atom. The van der Waals surface area contributed by atoms with Gasteiger partial charge in [0, 0.05) is 7.05 Å². The number of carbonyl (C=O) groups excluding carboxylic acids is 2. The third-order valence-electron chi connectivity index (χ3n) is 2.97. The molecule has 0 aliphatic carbocycles. The van der Waals surface area contributed by atoms with Crippen molar-refractivity contribution in [2.75, 3.05) is 13.7 Å². The van der Waals surface area contributed by atoms with Crippen LogP contribution >= 0.6 is 0 Å². The molecule has 0 rings (SSSR count). The van der Waals surface area contributed by atoms with Gasteiger partial charge in [-0.25, -0.2) is 9.59 Å². The Labute approximate surface area is 147 Å². The zero-order valence-electron chi connectivity index (χ0n) is 16.4. The van der Waals surface area contributed by atoms with Crippen molar-refractivity contribution in [2.24, 2.45) is 0 Å². The monoisotopic (exact) mass is 339 g/mol. The molecule has 0 radical (unpaired) electrons. The van der Waals surface area contributed by atoms with Crippen molar-refractivity contribution < 1.29 is 19.1 Å². The second kappa shape index (κ2) is 10.7. The number of likely N-dealkylation sites (N-methyl/N-ethyl adjacent to an activating group) is 1. The van der Waals surface area contributed by atoms with Gasteiger partial charge in [-0.3, -0.25) is 4.90 Å². The molecule has 0 fully saturated rings. The molecule has 0 heterocycles. The third kappa shape index (κ3) is 8.56. The van der Waals surface area contributed by atoms with Crippen molar-refractivity contribution >= 4 is 12.1 Å². The van der Waals surface area contributed by atoms with Gasteiger partial charge in [0.05, 0.1) is 0 Å². The van der Waals surface area contributed by atoms with E-state index >= 15 is 0 Å². The number of carbonyl (C=O) groups is 2. The van der Waals surface area contributed by atoms with Crippen LogP contribution < -0.4 is 0 Å². The maximum absolute atomic E-state index is 12.2. The first-order valence-electron chi connectivity index (χ1n) is 8.03. The normalized spacial score (nSPS) is 11.6. The first-order chi connectivity index (χ1) is 11.0. The molecule has 1 amide bonds. The smallest absolute Gasteiger partial charge is 0.410 e. The van der Waals surface area contributed by atoms with Gasteiger partial charge in [-0.15, -0.1) is 0 Å². The summed E-state index contributed by atoms with van der Waals surface area (Å²) in [6.07, 6.45) is 4.28. The zero-order valence-corrected chi connectivity index (χ0v) is 16.4. The highest BCUT2D eigenvalue weighted by molar-refractivity contribution is 5.85. The van der Waals surface area contributed by atoms with Gasteiger partial charge in [-0.1, -0.05) is 45.2 Å². The predicted octanol–water partition coefficient (Wildman–Crippen LogP) is 4.50. The Morgan fingerprint density at radius 1 is 1.08 bits per heavy atom. The van der Waals surface area contributed by atoms with Crippen LogP contribution in [0.1, 0.15) is 48.5 Å². The number of hydrogen-bond acceptors (Lipinski definition) is 4. The predicted molar refractivity (Wildman–Crippen MR) is 98.9 cm³/mol. The average molecular weight is 339 g/mol. The maximum Gasteiger partial charge on any atom is 0.410 e. The van der Waals surface area contributed by atoms with Gasteiger partial charge in [-0.05, 0) is 40.2 Å². The molecule has 0 bridgehead atoms. The van der Waals surface area contributed by atoms with E-state index in [0.717, 1.165) is 5.57 Å². The Hall–Kier alpha value is -2.04.